The molecular formula is C41H55ClN8O8S2. The molecule has 19 heteroatoms. The van der Waals surface area contributed by atoms with Gasteiger partial charge in [-0.15, -0.1) is 12.4 Å². The third-order valence-electron chi connectivity index (χ3n) is 10.3. The summed E-state index contributed by atoms with van der Waals surface area (Å²) in [5, 5.41) is 3.35. The molecule has 2 fully saturated rings. The molecule has 0 spiro atoms. The molecule has 60 heavy (non-hydrogen) atoms. The molecule has 326 valence electrons. The number of methoxy groups -OCH3 is 2. The summed E-state index contributed by atoms with van der Waals surface area (Å²) in [5.74, 6) is -0.865. The van der Waals surface area contributed by atoms with Gasteiger partial charge in [-0.25, -0.2) is 9.59 Å². The Balaban J connectivity index is 0.000000260. The van der Waals surface area contributed by atoms with Gasteiger partial charge in [-0.3, -0.25) is 23.5 Å². The Morgan fingerprint density at radius 1 is 0.650 bits per heavy atom. The molecule has 0 aliphatic carbocycles. The summed E-state index contributed by atoms with van der Waals surface area (Å²) in [4.78, 5) is 33.7. The molecule has 2 saturated heterocycles. The lowest BCUT2D eigenvalue weighted by molar-refractivity contribution is 0.0592. The van der Waals surface area contributed by atoms with Crippen molar-refractivity contribution in [1.29, 1.82) is 0 Å². The van der Waals surface area contributed by atoms with Crippen LogP contribution < -0.4 is 13.9 Å². The SMILES string of the molecule is COC(=O)c1ccc(CN(c2cccnc2)S(=O)(=O)N2C[C@@H](C)N(C)[C@@H](C)C2)cc1.COC(=O)c1ccc(CN(c2cccnc2)S(=O)(=O)N2C[C@@H](C)N[C@@H](C)C2)cc1.Cl. The second kappa shape index (κ2) is 21.2. The average Bonchev–Trinajstić information content (AvgIpc) is 3.23. The van der Waals surface area contributed by atoms with Crippen LogP contribution in [0.2, 0.25) is 0 Å². The fourth-order valence-corrected chi connectivity index (χ4v) is 10.5. The molecule has 0 bridgehead atoms. The quantitative estimate of drug-likeness (QED) is 0.200. The molecule has 2 aromatic carbocycles. The van der Waals surface area contributed by atoms with Crippen molar-refractivity contribution in [1.82, 2.24) is 28.8 Å². The monoisotopic (exact) mass is 886 g/mol. The first-order valence-corrected chi connectivity index (χ1v) is 22.0. The van der Waals surface area contributed by atoms with E-state index in [1.807, 2.05) is 34.7 Å². The number of benzene rings is 2. The van der Waals surface area contributed by atoms with Crippen LogP contribution in [0, 0.1) is 0 Å². The zero-order chi connectivity index (χ0) is 42.9. The number of aromatic nitrogens is 2. The van der Waals surface area contributed by atoms with Gasteiger partial charge in [0.15, 0.2) is 0 Å². The zero-order valence-electron chi connectivity index (χ0n) is 34.9. The third-order valence-corrected chi connectivity index (χ3v) is 14.0. The predicted octanol–water partition coefficient (Wildman–Crippen LogP) is 4.37. The number of likely N-dealkylation sites (N-methyl/N-ethyl adjacent to an activating group) is 1. The van der Waals surface area contributed by atoms with Gasteiger partial charge in [-0.1, -0.05) is 24.3 Å². The minimum Gasteiger partial charge on any atom is -0.465 e. The highest BCUT2D eigenvalue weighted by Crippen LogP contribution is 2.27. The van der Waals surface area contributed by atoms with Crippen LogP contribution in [-0.4, -0.2) is 124 Å². The number of halogens is 1. The highest BCUT2D eigenvalue weighted by molar-refractivity contribution is 7.90. The van der Waals surface area contributed by atoms with Gasteiger partial charge < -0.3 is 14.8 Å². The summed E-state index contributed by atoms with van der Waals surface area (Å²) >= 11 is 0. The van der Waals surface area contributed by atoms with Gasteiger partial charge in [0, 0.05) is 62.7 Å². The fraction of sp³-hybridized carbons (Fsp3) is 0.415. The fourth-order valence-electron chi connectivity index (χ4n) is 6.96. The molecule has 2 aromatic heterocycles. The van der Waals surface area contributed by atoms with Crippen LogP contribution in [0.4, 0.5) is 11.4 Å². The van der Waals surface area contributed by atoms with E-state index < -0.39 is 32.4 Å². The molecule has 0 saturated carbocycles. The van der Waals surface area contributed by atoms with E-state index in [0.29, 0.717) is 48.7 Å². The van der Waals surface area contributed by atoms with Gasteiger partial charge >= 0.3 is 32.4 Å². The van der Waals surface area contributed by atoms with Gasteiger partial charge in [0.2, 0.25) is 0 Å². The number of hydrogen-bond donors (Lipinski definition) is 1. The molecule has 4 atom stereocenters. The van der Waals surface area contributed by atoms with Gasteiger partial charge in [0.1, 0.15) is 0 Å². The van der Waals surface area contributed by atoms with E-state index in [-0.39, 0.29) is 49.7 Å². The average molecular weight is 888 g/mol. The first kappa shape index (κ1) is 48.0. The molecule has 1 N–H and O–H groups in total. The smallest absolute Gasteiger partial charge is 0.337 e. The van der Waals surface area contributed by atoms with Crippen molar-refractivity contribution < 1.29 is 35.9 Å². The van der Waals surface area contributed by atoms with Gasteiger partial charge in [-0.2, -0.15) is 25.4 Å². The predicted molar refractivity (Wildman–Crippen MR) is 233 cm³/mol. The number of esters is 2. The lowest BCUT2D eigenvalue weighted by Crippen LogP contribution is -2.59. The van der Waals surface area contributed by atoms with Crippen LogP contribution in [0.5, 0.6) is 0 Å². The van der Waals surface area contributed by atoms with Crippen LogP contribution >= 0.6 is 12.4 Å². The van der Waals surface area contributed by atoms with E-state index >= 15 is 0 Å². The topological polar surface area (TPSA) is 175 Å². The number of nitrogens with one attached hydrogen (secondary N) is 1. The van der Waals surface area contributed by atoms with Crippen molar-refractivity contribution >= 4 is 56.1 Å². The summed E-state index contributed by atoms with van der Waals surface area (Å²) in [6.07, 6.45) is 6.30. The van der Waals surface area contributed by atoms with Gasteiger partial charge in [0.05, 0.1) is 62.2 Å². The molecular weight excluding hydrogens is 832 g/mol. The normalized spacial score (nSPS) is 20.1. The molecule has 6 rings (SSSR count). The molecule has 0 amide bonds. The largest absolute Gasteiger partial charge is 0.465 e. The number of hydrogen-bond acceptors (Lipinski definition) is 12. The summed E-state index contributed by atoms with van der Waals surface area (Å²) in [7, 11) is -2.90. The van der Waals surface area contributed by atoms with Crippen LogP contribution in [0.25, 0.3) is 0 Å². The number of nitrogens with zero attached hydrogens (tertiary/aromatic N) is 7. The Labute approximate surface area is 360 Å². The number of rotatable bonds is 12. The summed E-state index contributed by atoms with van der Waals surface area (Å²) in [5.41, 5.74) is 3.32. The molecule has 2 aliphatic heterocycles. The highest BCUT2D eigenvalue weighted by Gasteiger charge is 2.38. The van der Waals surface area contributed by atoms with E-state index in [1.54, 1.807) is 91.4 Å². The van der Waals surface area contributed by atoms with E-state index in [2.05, 4.69) is 20.2 Å². The molecule has 0 unspecified atom stereocenters. The zero-order valence-corrected chi connectivity index (χ0v) is 37.4. The third kappa shape index (κ3) is 11.8. The number of carbonyl (C=O) groups is 2. The molecule has 4 heterocycles. The standard InChI is InChI=1S/C21H28N4O4S.C20H26N4O4S.ClH/c1-16-13-24(14-17(2)23(16)3)30(27,28)25(20-6-5-11-22-12-20)15-18-7-9-19(10-8-18)21(26)29-4;1-15-12-23(13-16(2)22-15)29(26,27)24(19-5-4-10-21-11-19)14-17-6-8-18(9-7-17)20(25)28-3;/h5-12,16-17H,13-15H2,1-4H3;4-11,15-16,22H,12-14H2,1-3H3;1H/t16-,17+;15-,16+;. The maximum atomic E-state index is 13.6. The maximum Gasteiger partial charge on any atom is 0.337 e. The van der Waals surface area contributed by atoms with Crippen LogP contribution in [0.1, 0.15) is 59.5 Å². The van der Waals surface area contributed by atoms with E-state index in [0.717, 1.165) is 11.1 Å². The number of carbonyl (C=O) groups excluding carboxylic acids is 2. The lowest BCUT2D eigenvalue weighted by Gasteiger charge is -2.43. The van der Waals surface area contributed by atoms with Gasteiger partial charge in [0.25, 0.3) is 0 Å². The highest BCUT2D eigenvalue weighted by atomic mass is 35.5. The lowest BCUT2D eigenvalue weighted by atomic mass is 10.1. The van der Waals surface area contributed by atoms with Crippen molar-refractivity contribution in [2.75, 3.05) is 56.1 Å². The van der Waals surface area contributed by atoms with Gasteiger partial charge in [-0.05, 0) is 94.4 Å². The second-order valence-corrected chi connectivity index (χ2v) is 18.5. The molecule has 16 nitrogen and oxygen atoms in total. The minimum atomic E-state index is -3.79. The van der Waals surface area contributed by atoms with E-state index in [9.17, 15) is 26.4 Å². The van der Waals surface area contributed by atoms with E-state index in [4.69, 9.17) is 9.47 Å². The Morgan fingerprint density at radius 2 is 1.02 bits per heavy atom. The number of piperazine rings is 2. The Hall–Kier alpha value is -4.69. The van der Waals surface area contributed by atoms with Crippen LogP contribution in [0.3, 0.4) is 0 Å². The Kier molecular flexibility index (Phi) is 17.0. The van der Waals surface area contributed by atoms with E-state index in [1.165, 1.54) is 37.6 Å². The number of ether oxygens (including phenoxy) is 2. The second-order valence-electron chi connectivity index (χ2n) is 14.8. The minimum absolute atomic E-state index is 0. The molecule has 4 aromatic rings. The van der Waals surface area contributed by atoms with Crippen molar-refractivity contribution in [3.8, 4) is 0 Å². The summed E-state index contributed by atoms with van der Waals surface area (Å²) in [6.45, 7) is 9.87. The van der Waals surface area contributed by atoms with Crippen molar-refractivity contribution in [2.24, 2.45) is 0 Å². The molecule has 2 aliphatic rings. The maximum absolute atomic E-state index is 13.6. The molecule has 0 radical (unpaired) electrons. The van der Waals surface area contributed by atoms with Crippen molar-refractivity contribution in [2.45, 2.75) is 65.0 Å². The first-order chi connectivity index (χ1) is 28.0. The van der Waals surface area contributed by atoms with Crippen LogP contribution in [0.15, 0.2) is 97.6 Å². The van der Waals surface area contributed by atoms with Crippen LogP contribution in [-0.2, 0) is 43.0 Å². The number of anilines is 2. The Bertz CT molecular complexity index is 2200. The summed E-state index contributed by atoms with van der Waals surface area (Å²) in [6, 6.07) is 20.7. The number of pyridine rings is 2. The Morgan fingerprint density at radius 3 is 1.35 bits per heavy atom. The van der Waals surface area contributed by atoms with Crippen molar-refractivity contribution in [3.63, 3.8) is 0 Å². The first-order valence-electron chi connectivity index (χ1n) is 19.2. The summed E-state index contributed by atoms with van der Waals surface area (Å²) < 4.78 is 69.6. The van der Waals surface area contributed by atoms with Crippen molar-refractivity contribution in [3.05, 3.63) is 120 Å².